The van der Waals surface area contributed by atoms with Gasteiger partial charge in [-0.2, -0.15) is 0 Å². The molecule has 4 heteroatoms. The van der Waals surface area contributed by atoms with Crippen LogP contribution in [0, 0.1) is 0 Å². The van der Waals surface area contributed by atoms with E-state index >= 15 is 0 Å². The smallest absolute Gasteiger partial charge is 0.122 e. The van der Waals surface area contributed by atoms with Crippen molar-refractivity contribution in [2.24, 2.45) is 0 Å². The van der Waals surface area contributed by atoms with Crippen molar-refractivity contribution in [1.29, 1.82) is 0 Å². The van der Waals surface area contributed by atoms with Crippen LogP contribution < -0.4 is 19.5 Å². The van der Waals surface area contributed by atoms with Gasteiger partial charge in [-0.1, -0.05) is 49.7 Å². The maximum atomic E-state index is 5.81. The lowest BCUT2D eigenvalue weighted by Crippen LogP contribution is -2.09. The van der Waals surface area contributed by atoms with Crippen LogP contribution in [0.4, 0.5) is 5.69 Å². The molecule has 0 aromatic heterocycles. The Morgan fingerprint density at radius 2 is 1.31 bits per heavy atom. The molecule has 0 bridgehead atoms. The number of anilines is 1. The number of hydrogen-bond donors (Lipinski definition) is 1. The summed E-state index contributed by atoms with van der Waals surface area (Å²) in [7, 11) is 0. The lowest BCUT2D eigenvalue weighted by atomic mass is 10.2. The number of benzene rings is 3. The quantitative estimate of drug-likeness (QED) is 0.388. The Labute approximate surface area is 173 Å². The van der Waals surface area contributed by atoms with Crippen LogP contribution in [0.5, 0.6) is 17.2 Å². The molecule has 0 unspecified atom stereocenters. The van der Waals surface area contributed by atoms with Gasteiger partial charge >= 0.3 is 0 Å². The standard InChI is InChI=1S/C25H29NO3/c1-2-3-15-27-24-13-7-9-21(18-24)20-26-22-10-8-14-25(19-22)29-17-16-28-23-11-5-4-6-12-23/h4-14,18-19,26H,2-3,15-17,20H2,1H3. The summed E-state index contributed by atoms with van der Waals surface area (Å²) in [5.41, 5.74) is 2.20. The molecule has 0 aliphatic carbocycles. The molecule has 0 saturated heterocycles. The van der Waals surface area contributed by atoms with Gasteiger partial charge in [0, 0.05) is 18.3 Å². The van der Waals surface area contributed by atoms with Crippen LogP contribution in [-0.4, -0.2) is 19.8 Å². The predicted molar refractivity (Wildman–Crippen MR) is 118 cm³/mol. The molecule has 152 valence electrons. The second-order valence-corrected chi connectivity index (χ2v) is 6.74. The van der Waals surface area contributed by atoms with E-state index in [9.17, 15) is 0 Å². The summed E-state index contributed by atoms with van der Waals surface area (Å²) in [6.07, 6.45) is 2.21. The highest BCUT2D eigenvalue weighted by atomic mass is 16.5. The van der Waals surface area contributed by atoms with E-state index in [4.69, 9.17) is 14.2 Å². The average Bonchev–Trinajstić information content (AvgIpc) is 2.77. The van der Waals surface area contributed by atoms with Gasteiger partial charge in [-0.05, 0) is 48.4 Å². The third kappa shape index (κ3) is 7.41. The van der Waals surface area contributed by atoms with Gasteiger partial charge in [-0.3, -0.25) is 0 Å². The Morgan fingerprint density at radius 1 is 0.655 bits per heavy atom. The van der Waals surface area contributed by atoms with Gasteiger partial charge in [0.2, 0.25) is 0 Å². The van der Waals surface area contributed by atoms with Crippen LogP contribution in [0.1, 0.15) is 25.3 Å². The first-order valence-corrected chi connectivity index (χ1v) is 10.2. The molecule has 4 nitrogen and oxygen atoms in total. The molecule has 0 radical (unpaired) electrons. The van der Waals surface area contributed by atoms with Crippen molar-refractivity contribution in [3.05, 3.63) is 84.4 Å². The molecule has 0 spiro atoms. The maximum Gasteiger partial charge on any atom is 0.122 e. The Morgan fingerprint density at radius 3 is 2.10 bits per heavy atom. The first-order chi connectivity index (χ1) is 14.3. The molecule has 0 atom stereocenters. The van der Waals surface area contributed by atoms with Gasteiger partial charge in [0.25, 0.3) is 0 Å². The molecule has 0 fully saturated rings. The van der Waals surface area contributed by atoms with Crippen LogP contribution in [0.25, 0.3) is 0 Å². The Kier molecular flexibility index (Phi) is 8.27. The van der Waals surface area contributed by atoms with E-state index in [0.717, 1.165) is 48.9 Å². The Bertz CT molecular complexity index is 851. The van der Waals surface area contributed by atoms with E-state index in [0.29, 0.717) is 13.2 Å². The highest BCUT2D eigenvalue weighted by Crippen LogP contribution is 2.20. The molecule has 0 aliphatic heterocycles. The molecular weight excluding hydrogens is 362 g/mol. The number of nitrogens with one attached hydrogen (secondary N) is 1. The zero-order valence-electron chi connectivity index (χ0n) is 17.0. The normalized spacial score (nSPS) is 10.4. The summed E-state index contributed by atoms with van der Waals surface area (Å²) in [6, 6.07) is 26.0. The summed E-state index contributed by atoms with van der Waals surface area (Å²) in [4.78, 5) is 0. The van der Waals surface area contributed by atoms with Crippen molar-refractivity contribution in [3.8, 4) is 17.2 Å². The van der Waals surface area contributed by atoms with E-state index in [1.807, 2.05) is 66.7 Å². The van der Waals surface area contributed by atoms with Crippen molar-refractivity contribution in [2.45, 2.75) is 26.3 Å². The van der Waals surface area contributed by atoms with Crippen molar-refractivity contribution >= 4 is 5.69 Å². The zero-order valence-corrected chi connectivity index (χ0v) is 17.0. The number of ether oxygens (including phenoxy) is 3. The van der Waals surface area contributed by atoms with Gasteiger partial charge in [0.05, 0.1) is 6.61 Å². The summed E-state index contributed by atoms with van der Waals surface area (Å²) in [6.45, 7) is 4.66. The fraction of sp³-hybridized carbons (Fsp3) is 0.280. The third-order valence-corrected chi connectivity index (χ3v) is 4.36. The predicted octanol–water partition coefficient (Wildman–Crippen LogP) is 5.94. The van der Waals surface area contributed by atoms with Crippen molar-refractivity contribution < 1.29 is 14.2 Å². The molecule has 1 N–H and O–H groups in total. The second-order valence-electron chi connectivity index (χ2n) is 6.74. The monoisotopic (exact) mass is 391 g/mol. The number of rotatable bonds is 12. The number of hydrogen-bond acceptors (Lipinski definition) is 4. The second kappa shape index (κ2) is 11.6. The highest BCUT2D eigenvalue weighted by Gasteiger charge is 2.01. The van der Waals surface area contributed by atoms with Gasteiger partial charge in [-0.15, -0.1) is 0 Å². The lowest BCUT2D eigenvalue weighted by Gasteiger charge is -2.12. The molecule has 29 heavy (non-hydrogen) atoms. The van der Waals surface area contributed by atoms with Gasteiger partial charge in [0.1, 0.15) is 30.5 Å². The van der Waals surface area contributed by atoms with Crippen LogP contribution in [-0.2, 0) is 6.54 Å². The molecular formula is C25H29NO3. The molecule has 0 aliphatic rings. The average molecular weight is 392 g/mol. The summed E-state index contributed by atoms with van der Waals surface area (Å²) in [5, 5.41) is 3.45. The highest BCUT2D eigenvalue weighted by molar-refractivity contribution is 5.48. The fourth-order valence-electron chi connectivity index (χ4n) is 2.82. The van der Waals surface area contributed by atoms with E-state index in [1.54, 1.807) is 0 Å². The van der Waals surface area contributed by atoms with Crippen molar-refractivity contribution in [1.82, 2.24) is 0 Å². The fourth-order valence-corrected chi connectivity index (χ4v) is 2.82. The van der Waals surface area contributed by atoms with E-state index < -0.39 is 0 Å². The zero-order chi connectivity index (χ0) is 20.2. The molecule has 0 saturated carbocycles. The van der Waals surface area contributed by atoms with Gasteiger partial charge < -0.3 is 19.5 Å². The largest absolute Gasteiger partial charge is 0.494 e. The maximum absolute atomic E-state index is 5.81. The van der Waals surface area contributed by atoms with Gasteiger partial charge in [0.15, 0.2) is 0 Å². The summed E-state index contributed by atoms with van der Waals surface area (Å²) in [5.74, 6) is 2.60. The Hall–Kier alpha value is -3.14. The Balaban J connectivity index is 1.44. The van der Waals surface area contributed by atoms with E-state index in [-0.39, 0.29) is 0 Å². The number of unbranched alkanes of at least 4 members (excludes halogenated alkanes) is 1. The minimum absolute atomic E-state index is 0.496. The van der Waals surface area contributed by atoms with Crippen molar-refractivity contribution in [2.75, 3.05) is 25.1 Å². The summed E-state index contributed by atoms with van der Waals surface area (Å²) < 4.78 is 17.3. The van der Waals surface area contributed by atoms with Crippen LogP contribution in [0.2, 0.25) is 0 Å². The lowest BCUT2D eigenvalue weighted by molar-refractivity contribution is 0.217. The van der Waals surface area contributed by atoms with Crippen LogP contribution in [0.15, 0.2) is 78.9 Å². The molecule has 0 amide bonds. The molecule has 3 aromatic rings. The first-order valence-electron chi connectivity index (χ1n) is 10.2. The number of para-hydroxylation sites is 1. The molecule has 3 rings (SSSR count). The van der Waals surface area contributed by atoms with E-state index in [1.165, 1.54) is 5.56 Å². The SMILES string of the molecule is CCCCOc1cccc(CNc2cccc(OCCOc3ccccc3)c2)c1. The third-order valence-electron chi connectivity index (χ3n) is 4.36. The minimum Gasteiger partial charge on any atom is -0.494 e. The summed E-state index contributed by atoms with van der Waals surface area (Å²) >= 11 is 0. The van der Waals surface area contributed by atoms with Crippen LogP contribution >= 0.6 is 0 Å². The van der Waals surface area contributed by atoms with Gasteiger partial charge in [-0.25, -0.2) is 0 Å². The van der Waals surface area contributed by atoms with Crippen molar-refractivity contribution in [3.63, 3.8) is 0 Å². The minimum atomic E-state index is 0.496. The molecule has 3 aromatic carbocycles. The van der Waals surface area contributed by atoms with Crippen LogP contribution in [0.3, 0.4) is 0 Å². The topological polar surface area (TPSA) is 39.7 Å². The van der Waals surface area contributed by atoms with E-state index in [2.05, 4.69) is 24.4 Å². The first kappa shape index (κ1) is 20.6. The molecule has 0 heterocycles.